The van der Waals surface area contributed by atoms with E-state index in [1.54, 1.807) is 6.92 Å². The molecule has 0 radical (unpaired) electrons. The van der Waals surface area contributed by atoms with E-state index in [0.717, 1.165) is 32.0 Å². The molecule has 1 saturated heterocycles. The number of ether oxygens (including phenoxy) is 1. The molecule has 1 fully saturated rings. The molecule has 0 amide bonds. The van der Waals surface area contributed by atoms with Gasteiger partial charge >= 0.3 is 5.97 Å². The van der Waals surface area contributed by atoms with Gasteiger partial charge in [0.25, 0.3) is 0 Å². The highest BCUT2D eigenvalue weighted by Crippen LogP contribution is 2.28. The zero-order valence-electron chi connectivity index (χ0n) is 12.5. The van der Waals surface area contributed by atoms with Gasteiger partial charge in [-0.05, 0) is 56.8 Å². The summed E-state index contributed by atoms with van der Waals surface area (Å²) in [6, 6.07) is 1.35. The first-order chi connectivity index (χ1) is 10.5. The topological polar surface area (TPSA) is 38.3 Å². The van der Waals surface area contributed by atoms with Gasteiger partial charge in [-0.2, -0.15) is 0 Å². The summed E-state index contributed by atoms with van der Waals surface area (Å²) in [5.74, 6) is -4.06. The van der Waals surface area contributed by atoms with Gasteiger partial charge in [-0.25, -0.2) is 13.2 Å². The monoisotopic (exact) mass is 315 g/mol. The van der Waals surface area contributed by atoms with Gasteiger partial charge in [0.15, 0.2) is 11.6 Å². The van der Waals surface area contributed by atoms with E-state index in [4.69, 9.17) is 4.74 Å². The van der Waals surface area contributed by atoms with E-state index in [0.29, 0.717) is 6.07 Å². The van der Waals surface area contributed by atoms with Crippen molar-refractivity contribution in [1.29, 1.82) is 0 Å². The lowest BCUT2D eigenvalue weighted by atomic mass is 9.81. The molecule has 1 aromatic carbocycles. The van der Waals surface area contributed by atoms with Gasteiger partial charge < -0.3 is 10.1 Å². The smallest absolute Gasteiger partial charge is 0.309 e. The molecule has 122 valence electrons. The van der Waals surface area contributed by atoms with Crippen LogP contribution in [0.5, 0.6) is 0 Å². The molecule has 0 aromatic heterocycles. The molecule has 0 aliphatic carbocycles. The Balaban J connectivity index is 2.21. The molecule has 1 aliphatic rings. The summed E-state index contributed by atoms with van der Waals surface area (Å²) >= 11 is 0. The maximum absolute atomic E-state index is 13.8. The van der Waals surface area contributed by atoms with Crippen molar-refractivity contribution in [3.63, 3.8) is 0 Å². The molecule has 1 aromatic rings. The Bertz CT molecular complexity index is 530. The number of nitrogens with one attached hydrogen (secondary N) is 1. The lowest BCUT2D eigenvalue weighted by Crippen LogP contribution is -2.36. The quantitative estimate of drug-likeness (QED) is 0.671. The van der Waals surface area contributed by atoms with Crippen LogP contribution in [0.3, 0.4) is 0 Å². The molecular weight excluding hydrogens is 295 g/mol. The highest BCUT2D eigenvalue weighted by molar-refractivity contribution is 5.73. The van der Waals surface area contributed by atoms with Gasteiger partial charge in [0.1, 0.15) is 5.82 Å². The third-order valence-corrected chi connectivity index (χ3v) is 4.07. The molecule has 0 spiro atoms. The van der Waals surface area contributed by atoms with Crippen LogP contribution in [0.25, 0.3) is 0 Å². The summed E-state index contributed by atoms with van der Waals surface area (Å²) in [4.78, 5) is 12.2. The molecule has 3 nitrogen and oxygen atoms in total. The van der Waals surface area contributed by atoms with Crippen molar-refractivity contribution < 1.29 is 22.7 Å². The van der Waals surface area contributed by atoms with E-state index in [2.05, 4.69) is 5.32 Å². The predicted octanol–water partition coefficient (Wildman–Crippen LogP) is 2.83. The molecule has 0 bridgehead atoms. The fourth-order valence-electron chi connectivity index (χ4n) is 2.90. The van der Waals surface area contributed by atoms with Crippen LogP contribution in [0.15, 0.2) is 12.1 Å². The van der Waals surface area contributed by atoms with Crippen LogP contribution in [-0.4, -0.2) is 25.7 Å². The zero-order valence-corrected chi connectivity index (χ0v) is 12.5. The number of rotatable bonds is 5. The number of hydrogen-bond acceptors (Lipinski definition) is 3. The minimum absolute atomic E-state index is 0.00971. The van der Waals surface area contributed by atoms with E-state index in [1.165, 1.54) is 0 Å². The highest BCUT2D eigenvalue weighted by Gasteiger charge is 2.31. The van der Waals surface area contributed by atoms with E-state index in [9.17, 15) is 18.0 Å². The van der Waals surface area contributed by atoms with E-state index < -0.39 is 29.3 Å². The number of esters is 1. The van der Waals surface area contributed by atoms with Crippen LogP contribution < -0.4 is 5.32 Å². The lowest BCUT2D eigenvalue weighted by Gasteiger charge is -2.29. The van der Waals surface area contributed by atoms with Gasteiger partial charge in [0, 0.05) is 6.07 Å². The van der Waals surface area contributed by atoms with Gasteiger partial charge in [-0.15, -0.1) is 0 Å². The summed E-state index contributed by atoms with van der Waals surface area (Å²) in [6.07, 6.45) is 1.57. The van der Waals surface area contributed by atoms with Crippen LogP contribution in [0.2, 0.25) is 0 Å². The van der Waals surface area contributed by atoms with Crippen LogP contribution in [0, 0.1) is 29.3 Å². The molecule has 0 saturated carbocycles. The first kappa shape index (κ1) is 16.8. The number of benzene rings is 1. The number of carbonyl (C=O) groups excluding carboxylic acids is 1. The Morgan fingerprint density at radius 1 is 1.23 bits per heavy atom. The van der Waals surface area contributed by atoms with Crippen LogP contribution in [0.4, 0.5) is 13.2 Å². The summed E-state index contributed by atoms with van der Waals surface area (Å²) in [6.45, 7) is 3.50. The Morgan fingerprint density at radius 2 is 1.86 bits per heavy atom. The predicted molar refractivity (Wildman–Crippen MR) is 75.7 cm³/mol. The summed E-state index contributed by atoms with van der Waals surface area (Å²) < 4.78 is 45.3. The zero-order chi connectivity index (χ0) is 16.1. The molecule has 2 rings (SSSR count). The fraction of sp³-hybridized carbons (Fsp3) is 0.562. The normalized spacial score (nSPS) is 17.3. The van der Waals surface area contributed by atoms with Crippen molar-refractivity contribution in [3.8, 4) is 0 Å². The van der Waals surface area contributed by atoms with Gasteiger partial charge in [-0.3, -0.25) is 4.79 Å². The summed E-state index contributed by atoms with van der Waals surface area (Å²) in [7, 11) is 0. The second kappa shape index (κ2) is 7.63. The number of piperidine rings is 1. The minimum Gasteiger partial charge on any atom is -0.466 e. The van der Waals surface area contributed by atoms with Crippen LogP contribution in [0.1, 0.15) is 25.3 Å². The molecule has 1 atom stereocenters. The summed E-state index contributed by atoms with van der Waals surface area (Å²) in [5, 5.41) is 3.20. The van der Waals surface area contributed by atoms with Gasteiger partial charge in [0.05, 0.1) is 12.5 Å². The Hall–Kier alpha value is -1.56. The summed E-state index contributed by atoms with van der Waals surface area (Å²) in [5.41, 5.74) is 0.00971. The molecule has 1 N–H and O–H groups in total. The lowest BCUT2D eigenvalue weighted by molar-refractivity contribution is -0.150. The Morgan fingerprint density at radius 3 is 2.50 bits per heavy atom. The van der Waals surface area contributed by atoms with Crippen molar-refractivity contribution in [3.05, 3.63) is 35.1 Å². The molecule has 1 aliphatic heterocycles. The highest BCUT2D eigenvalue weighted by atomic mass is 19.2. The minimum atomic E-state index is -1.23. The Labute approximate surface area is 127 Å². The standard InChI is InChI=1S/C16H20F3NO2/c1-2-22-16(21)12(10-3-5-20-6-4-10)7-11-8-14(18)15(19)9-13(11)17/h8-10,12,20H,2-7H2,1H3. The van der Waals surface area contributed by atoms with E-state index >= 15 is 0 Å². The van der Waals surface area contributed by atoms with Gasteiger partial charge in [-0.1, -0.05) is 0 Å². The van der Waals surface area contributed by atoms with Crippen molar-refractivity contribution in [2.75, 3.05) is 19.7 Å². The third kappa shape index (κ3) is 4.00. The first-order valence-corrected chi connectivity index (χ1v) is 7.53. The molecule has 1 unspecified atom stereocenters. The molecule has 1 heterocycles. The molecular formula is C16H20F3NO2. The fourth-order valence-corrected chi connectivity index (χ4v) is 2.90. The van der Waals surface area contributed by atoms with Crippen molar-refractivity contribution in [2.24, 2.45) is 11.8 Å². The van der Waals surface area contributed by atoms with Crippen molar-refractivity contribution in [1.82, 2.24) is 5.32 Å². The number of halogens is 3. The molecule has 6 heteroatoms. The van der Waals surface area contributed by atoms with Crippen molar-refractivity contribution in [2.45, 2.75) is 26.2 Å². The maximum Gasteiger partial charge on any atom is 0.309 e. The second-order valence-electron chi connectivity index (χ2n) is 5.51. The van der Waals surface area contributed by atoms with Crippen molar-refractivity contribution >= 4 is 5.97 Å². The average Bonchev–Trinajstić information content (AvgIpc) is 2.50. The average molecular weight is 315 g/mol. The second-order valence-corrected chi connectivity index (χ2v) is 5.51. The number of hydrogen-bond donors (Lipinski definition) is 1. The van der Waals surface area contributed by atoms with Crippen LogP contribution >= 0.6 is 0 Å². The van der Waals surface area contributed by atoms with E-state index in [-0.39, 0.29) is 24.5 Å². The maximum atomic E-state index is 13.8. The van der Waals surface area contributed by atoms with Crippen LogP contribution in [-0.2, 0) is 16.0 Å². The first-order valence-electron chi connectivity index (χ1n) is 7.53. The van der Waals surface area contributed by atoms with Gasteiger partial charge in [0.2, 0.25) is 0 Å². The third-order valence-electron chi connectivity index (χ3n) is 4.07. The molecule has 22 heavy (non-hydrogen) atoms. The largest absolute Gasteiger partial charge is 0.466 e. The SMILES string of the molecule is CCOC(=O)C(Cc1cc(F)c(F)cc1F)C1CCNCC1. The number of carbonyl (C=O) groups is 1. The Kier molecular flexibility index (Phi) is 5.83. The van der Waals surface area contributed by atoms with E-state index in [1.807, 2.05) is 0 Å².